The van der Waals surface area contributed by atoms with Crippen LogP contribution >= 0.6 is 11.6 Å². The summed E-state index contributed by atoms with van der Waals surface area (Å²) in [6, 6.07) is 7.78. The molecule has 19 heavy (non-hydrogen) atoms. The van der Waals surface area contributed by atoms with Crippen molar-refractivity contribution in [2.24, 2.45) is 0 Å². The van der Waals surface area contributed by atoms with Crippen LogP contribution in [0.25, 0.3) is 0 Å². The van der Waals surface area contributed by atoms with Crippen LogP contribution in [0.3, 0.4) is 0 Å². The molecule has 1 saturated heterocycles. The third-order valence-electron chi connectivity index (χ3n) is 3.34. The van der Waals surface area contributed by atoms with E-state index in [-0.39, 0.29) is 6.10 Å². The maximum Gasteiger partial charge on any atom is 0.0814 e. The summed E-state index contributed by atoms with van der Waals surface area (Å²) >= 11 is 6.08. The Morgan fingerprint density at radius 3 is 2.89 bits per heavy atom. The van der Waals surface area contributed by atoms with Gasteiger partial charge in [-0.3, -0.25) is 0 Å². The highest BCUT2D eigenvalue weighted by Gasteiger charge is 2.24. The van der Waals surface area contributed by atoms with Gasteiger partial charge >= 0.3 is 0 Å². The number of benzene rings is 1. The molecule has 0 amide bonds. The van der Waals surface area contributed by atoms with Gasteiger partial charge in [0, 0.05) is 11.6 Å². The number of ether oxygens (including phenoxy) is 2. The van der Waals surface area contributed by atoms with Crippen molar-refractivity contribution in [3.8, 4) is 0 Å². The highest BCUT2D eigenvalue weighted by atomic mass is 35.5. The molecule has 4 heteroatoms. The Kier molecular flexibility index (Phi) is 6.11. The maximum atomic E-state index is 6.08. The van der Waals surface area contributed by atoms with E-state index < -0.39 is 0 Å². The first-order chi connectivity index (χ1) is 9.29. The molecule has 0 saturated carbocycles. The Bertz CT molecular complexity index is 386. The summed E-state index contributed by atoms with van der Waals surface area (Å²) in [5, 5.41) is 4.08. The summed E-state index contributed by atoms with van der Waals surface area (Å²) in [6.45, 7) is 5.25. The summed E-state index contributed by atoms with van der Waals surface area (Å²) in [5.41, 5.74) is 1.03. The van der Waals surface area contributed by atoms with E-state index in [1.807, 2.05) is 24.3 Å². The highest BCUT2D eigenvalue weighted by Crippen LogP contribution is 2.21. The van der Waals surface area contributed by atoms with E-state index in [1.54, 1.807) is 0 Å². The van der Waals surface area contributed by atoms with Gasteiger partial charge in [0.2, 0.25) is 0 Å². The molecule has 1 N–H and O–H groups in total. The topological polar surface area (TPSA) is 30.5 Å². The molecule has 0 radical (unpaired) electrons. The van der Waals surface area contributed by atoms with Crippen molar-refractivity contribution in [1.82, 2.24) is 5.32 Å². The Balaban J connectivity index is 1.66. The standard InChI is InChI=1S/C15H22ClNO2/c1-2-17-9-13-7-8-14(19-13)11-18-10-12-5-3-4-6-15(12)16/h3-6,13-14,17H,2,7-11H2,1H3. The number of hydrogen-bond acceptors (Lipinski definition) is 3. The maximum absolute atomic E-state index is 6.08. The minimum absolute atomic E-state index is 0.228. The fourth-order valence-corrected chi connectivity index (χ4v) is 2.46. The molecule has 1 aliphatic rings. The molecular weight excluding hydrogens is 262 g/mol. The number of rotatable bonds is 7. The zero-order valence-electron chi connectivity index (χ0n) is 11.4. The lowest BCUT2D eigenvalue weighted by Gasteiger charge is -2.14. The van der Waals surface area contributed by atoms with Crippen LogP contribution in [0.2, 0.25) is 5.02 Å². The lowest BCUT2D eigenvalue weighted by atomic mass is 10.2. The Morgan fingerprint density at radius 1 is 1.32 bits per heavy atom. The van der Waals surface area contributed by atoms with Crippen molar-refractivity contribution in [1.29, 1.82) is 0 Å². The molecule has 2 atom stereocenters. The summed E-state index contributed by atoms with van der Waals surface area (Å²) in [5.74, 6) is 0. The number of likely N-dealkylation sites (N-methyl/N-ethyl adjacent to an activating group) is 1. The van der Waals surface area contributed by atoms with Crippen molar-refractivity contribution < 1.29 is 9.47 Å². The van der Waals surface area contributed by atoms with E-state index in [1.165, 1.54) is 0 Å². The number of nitrogens with one attached hydrogen (secondary N) is 1. The van der Waals surface area contributed by atoms with Gasteiger partial charge in [0.05, 0.1) is 25.4 Å². The molecule has 1 aromatic carbocycles. The zero-order valence-corrected chi connectivity index (χ0v) is 12.2. The normalized spacial score (nSPS) is 22.8. The van der Waals surface area contributed by atoms with Gasteiger partial charge in [-0.25, -0.2) is 0 Å². The molecular formula is C15H22ClNO2. The molecule has 0 spiro atoms. The number of halogens is 1. The molecule has 1 heterocycles. The van der Waals surface area contributed by atoms with Crippen LogP contribution in [-0.4, -0.2) is 31.9 Å². The average molecular weight is 284 g/mol. The minimum atomic E-state index is 0.228. The molecule has 1 aromatic rings. The van der Waals surface area contributed by atoms with Crippen LogP contribution in [0.15, 0.2) is 24.3 Å². The largest absolute Gasteiger partial charge is 0.374 e. The van der Waals surface area contributed by atoms with Gasteiger partial charge in [-0.2, -0.15) is 0 Å². The molecule has 2 unspecified atom stereocenters. The van der Waals surface area contributed by atoms with Crippen LogP contribution in [0.4, 0.5) is 0 Å². The first-order valence-corrected chi connectivity index (χ1v) is 7.34. The van der Waals surface area contributed by atoms with Gasteiger partial charge < -0.3 is 14.8 Å². The lowest BCUT2D eigenvalue weighted by molar-refractivity contribution is -0.0188. The van der Waals surface area contributed by atoms with Crippen molar-refractivity contribution in [3.63, 3.8) is 0 Å². The van der Waals surface area contributed by atoms with Gasteiger partial charge in [0.25, 0.3) is 0 Å². The van der Waals surface area contributed by atoms with Crippen LogP contribution in [0.1, 0.15) is 25.3 Å². The molecule has 1 aliphatic heterocycles. The first-order valence-electron chi connectivity index (χ1n) is 6.97. The van der Waals surface area contributed by atoms with Crippen molar-refractivity contribution >= 4 is 11.6 Å². The second-order valence-corrected chi connectivity index (χ2v) is 5.28. The quantitative estimate of drug-likeness (QED) is 0.834. The average Bonchev–Trinajstić information content (AvgIpc) is 2.86. The van der Waals surface area contributed by atoms with Crippen LogP contribution in [-0.2, 0) is 16.1 Å². The SMILES string of the molecule is CCNCC1CCC(COCc2ccccc2Cl)O1. The first kappa shape index (κ1) is 14.8. The molecule has 106 valence electrons. The third-order valence-corrected chi connectivity index (χ3v) is 3.71. The molecule has 0 bridgehead atoms. The van der Waals surface area contributed by atoms with E-state index >= 15 is 0 Å². The zero-order chi connectivity index (χ0) is 13.5. The molecule has 1 fully saturated rings. The highest BCUT2D eigenvalue weighted by molar-refractivity contribution is 6.31. The van der Waals surface area contributed by atoms with Gasteiger partial charge in [0.15, 0.2) is 0 Å². The summed E-state index contributed by atoms with van der Waals surface area (Å²) in [7, 11) is 0. The minimum Gasteiger partial charge on any atom is -0.374 e. The Labute approximate surface area is 120 Å². The van der Waals surface area contributed by atoms with Crippen molar-refractivity contribution in [2.75, 3.05) is 19.7 Å². The summed E-state index contributed by atoms with van der Waals surface area (Å²) in [6.07, 6.45) is 2.77. The predicted octanol–water partition coefficient (Wildman–Crippen LogP) is 3.01. The fraction of sp³-hybridized carbons (Fsp3) is 0.600. The molecule has 0 aromatic heterocycles. The van der Waals surface area contributed by atoms with E-state index in [2.05, 4.69) is 12.2 Å². The van der Waals surface area contributed by atoms with Crippen molar-refractivity contribution in [2.45, 2.75) is 38.6 Å². The predicted molar refractivity (Wildman–Crippen MR) is 77.5 cm³/mol. The van der Waals surface area contributed by atoms with E-state index in [9.17, 15) is 0 Å². The van der Waals surface area contributed by atoms with Crippen molar-refractivity contribution in [3.05, 3.63) is 34.9 Å². The second kappa shape index (κ2) is 7.85. The van der Waals surface area contributed by atoms with Gasteiger partial charge in [-0.05, 0) is 31.0 Å². The van der Waals surface area contributed by atoms with Crippen LogP contribution in [0.5, 0.6) is 0 Å². The van der Waals surface area contributed by atoms with Gasteiger partial charge in [-0.1, -0.05) is 36.7 Å². The second-order valence-electron chi connectivity index (χ2n) is 4.87. The van der Waals surface area contributed by atoms with Crippen LogP contribution in [0, 0.1) is 0 Å². The monoisotopic (exact) mass is 283 g/mol. The third kappa shape index (κ3) is 4.77. The molecule has 2 rings (SSSR count). The Hall–Kier alpha value is -0.610. The molecule has 0 aliphatic carbocycles. The fourth-order valence-electron chi connectivity index (χ4n) is 2.27. The van der Waals surface area contributed by atoms with E-state index in [0.29, 0.717) is 19.3 Å². The van der Waals surface area contributed by atoms with E-state index in [0.717, 1.165) is 36.5 Å². The summed E-state index contributed by atoms with van der Waals surface area (Å²) < 4.78 is 11.6. The van der Waals surface area contributed by atoms with Gasteiger partial charge in [0.1, 0.15) is 0 Å². The Morgan fingerprint density at radius 2 is 2.11 bits per heavy atom. The number of hydrogen-bond donors (Lipinski definition) is 1. The lowest BCUT2D eigenvalue weighted by Crippen LogP contribution is -2.27. The molecule has 3 nitrogen and oxygen atoms in total. The smallest absolute Gasteiger partial charge is 0.0814 e. The van der Waals surface area contributed by atoms with Crippen LogP contribution < -0.4 is 5.32 Å². The van der Waals surface area contributed by atoms with Gasteiger partial charge in [-0.15, -0.1) is 0 Å². The van der Waals surface area contributed by atoms with E-state index in [4.69, 9.17) is 21.1 Å². The summed E-state index contributed by atoms with van der Waals surface area (Å²) in [4.78, 5) is 0.